The number of aryl methyl sites for hydroxylation is 1. The maximum Gasteiger partial charge on any atom is 0.224 e. The van der Waals surface area contributed by atoms with Crippen molar-refractivity contribution in [2.45, 2.75) is 19.8 Å². The molecule has 0 bridgehead atoms. The van der Waals surface area contributed by atoms with Crippen molar-refractivity contribution >= 4 is 22.4 Å². The van der Waals surface area contributed by atoms with Crippen LogP contribution in [0.5, 0.6) is 11.5 Å². The molecule has 5 aromatic rings. The Morgan fingerprint density at radius 2 is 1.91 bits per heavy atom. The summed E-state index contributed by atoms with van der Waals surface area (Å²) in [5, 5.41) is 5.07. The number of nitrogens with zero attached hydrogens (tertiary/aromatic N) is 5. The van der Waals surface area contributed by atoms with Crippen molar-refractivity contribution in [3.05, 3.63) is 114 Å². The first-order valence-corrected chi connectivity index (χ1v) is 11.1. The van der Waals surface area contributed by atoms with E-state index in [0.29, 0.717) is 35.6 Å². The van der Waals surface area contributed by atoms with E-state index in [-0.39, 0.29) is 5.78 Å². The zero-order chi connectivity index (χ0) is 24.2. The van der Waals surface area contributed by atoms with Crippen LogP contribution in [-0.4, -0.2) is 25.5 Å². The summed E-state index contributed by atoms with van der Waals surface area (Å²) in [7, 11) is 0. The lowest BCUT2D eigenvalue weighted by atomic mass is 9.99. The second-order valence-corrected chi connectivity index (χ2v) is 8.07. The van der Waals surface area contributed by atoms with Crippen LogP contribution in [0.1, 0.15) is 27.9 Å². The summed E-state index contributed by atoms with van der Waals surface area (Å²) in [5.74, 6) is 1.35. The predicted molar refractivity (Wildman–Crippen MR) is 133 cm³/mol. The first-order chi connectivity index (χ1) is 17.1. The average molecular weight is 460 g/mol. The predicted octanol–water partition coefficient (Wildman–Crippen LogP) is 6.28. The van der Waals surface area contributed by atoms with Crippen molar-refractivity contribution in [1.82, 2.24) is 19.7 Å². The number of hydrogen-bond donors (Lipinski definition) is 0. The van der Waals surface area contributed by atoms with E-state index in [1.54, 1.807) is 29.5 Å². The van der Waals surface area contributed by atoms with Gasteiger partial charge in [0.1, 0.15) is 11.5 Å². The number of aromatic nitrogens is 4. The van der Waals surface area contributed by atoms with Gasteiger partial charge in [0.2, 0.25) is 5.69 Å². The van der Waals surface area contributed by atoms with E-state index in [2.05, 4.69) is 19.9 Å². The molecule has 0 unspecified atom stereocenters. The second kappa shape index (κ2) is 9.57. The highest BCUT2D eigenvalue weighted by Gasteiger charge is 2.15. The van der Waals surface area contributed by atoms with Gasteiger partial charge in [0.15, 0.2) is 5.78 Å². The summed E-state index contributed by atoms with van der Waals surface area (Å²) in [6.07, 6.45) is 9.44. The summed E-state index contributed by atoms with van der Waals surface area (Å²) in [6.45, 7) is 9.03. The first kappa shape index (κ1) is 22.0. The highest BCUT2D eigenvalue weighted by atomic mass is 16.5. The van der Waals surface area contributed by atoms with Gasteiger partial charge in [0, 0.05) is 47.7 Å². The molecule has 0 saturated heterocycles. The Hall–Kier alpha value is -4.83. The quantitative estimate of drug-likeness (QED) is 0.211. The van der Waals surface area contributed by atoms with Crippen LogP contribution in [0, 0.1) is 13.5 Å². The number of carbonyl (C=O) groups is 1. The van der Waals surface area contributed by atoms with Gasteiger partial charge in [0.05, 0.1) is 24.0 Å². The topological polar surface area (TPSA) is 74.3 Å². The molecule has 0 aliphatic carbocycles. The molecule has 5 rings (SSSR count). The van der Waals surface area contributed by atoms with Crippen molar-refractivity contribution in [2.24, 2.45) is 0 Å². The van der Waals surface area contributed by atoms with Crippen LogP contribution in [0.25, 0.3) is 21.4 Å². The molecule has 3 heterocycles. The molecule has 170 valence electrons. The van der Waals surface area contributed by atoms with Gasteiger partial charge in [-0.2, -0.15) is 5.10 Å². The fourth-order valence-corrected chi connectivity index (χ4v) is 3.94. The van der Waals surface area contributed by atoms with E-state index in [9.17, 15) is 4.79 Å². The Balaban J connectivity index is 1.39. The monoisotopic (exact) mass is 459 g/mol. The molecule has 0 amide bonds. The maximum absolute atomic E-state index is 12.9. The van der Waals surface area contributed by atoms with Crippen LogP contribution in [0.3, 0.4) is 0 Å². The molecule has 0 radical (unpaired) electrons. The van der Waals surface area contributed by atoms with Gasteiger partial charge in [-0.15, -0.1) is 0 Å². The normalized spacial score (nSPS) is 10.7. The number of hydrogen-bond acceptors (Lipinski definition) is 5. The highest BCUT2D eigenvalue weighted by Crippen LogP contribution is 2.33. The Kier molecular flexibility index (Phi) is 6.01. The van der Waals surface area contributed by atoms with Crippen molar-refractivity contribution in [2.75, 3.05) is 0 Å². The fraction of sp³-hybridized carbons (Fsp3) is 0.107. The largest absolute Gasteiger partial charge is 0.456 e. The van der Waals surface area contributed by atoms with Crippen LogP contribution < -0.4 is 4.74 Å². The molecule has 7 nitrogen and oxygen atoms in total. The molecule has 0 atom stereocenters. The minimum atomic E-state index is 0.0759. The van der Waals surface area contributed by atoms with Crippen LogP contribution in [0.15, 0.2) is 85.6 Å². The van der Waals surface area contributed by atoms with Crippen molar-refractivity contribution in [3.8, 4) is 17.2 Å². The van der Waals surface area contributed by atoms with E-state index in [4.69, 9.17) is 11.3 Å². The second-order valence-electron chi connectivity index (χ2n) is 8.07. The van der Waals surface area contributed by atoms with E-state index in [1.165, 1.54) is 6.20 Å². The fourth-order valence-electron chi connectivity index (χ4n) is 3.94. The summed E-state index contributed by atoms with van der Waals surface area (Å²) < 4.78 is 7.93. The molecule has 0 aliphatic heterocycles. The Morgan fingerprint density at radius 1 is 1.06 bits per heavy atom. The first-order valence-electron chi connectivity index (χ1n) is 11.1. The third-order valence-electron chi connectivity index (χ3n) is 5.84. The number of pyridine rings is 2. The molecule has 35 heavy (non-hydrogen) atoms. The van der Waals surface area contributed by atoms with Gasteiger partial charge in [-0.25, -0.2) is 4.85 Å². The molecule has 3 aromatic heterocycles. The third-order valence-corrected chi connectivity index (χ3v) is 5.84. The minimum absolute atomic E-state index is 0.0759. The minimum Gasteiger partial charge on any atom is -0.456 e. The third kappa shape index (κ3) is 4.63. The molecule has 0 saturated carbocycles. The molecule has 0 N–H and O–H groups in total. The van der Waals surface area contributed by atoms with Crippen LogP contribution in [0.4, 0.5) is 5.69 Å². The standard InChI is InChI=1S/C28H21N5O2/c1-19-23(26(34)9-6-20-10-13-30-14-11-20)4-3-5-27(19)35-28-12-15-31-25-16-22(7-8-24(25)28)33-18-21(29-2)17-32-33/h3-5,7-8,10-18H,6,9H2,1H3. The van der Waals surface area contributed by atoms with E-state index in [1.807, 2.05) is 61.5 Å². The van der Waals surface area contributed by atoms with Gasteiger partial charge in [-0.05, 0) is 61.4 Å². The number of benzene rings is 2. The number of rotatable bonds is 7. The molecule has 7 heteroatoms. The molecule has 0 spiro atoms. The average Bonchev–Trinajstić information content (AvgIpc) is 3.38. The Bertz CT molecular complexity index is 1570. The Labute approximate surface area is 202 Å². The van der Waals surface area contributed by atoms with Crippen molar-refractivity contribution in [3.63, 3.8) is 0 Å². The SMILES string of the molecule is [C-]#[N+]c1cnn(-c2ccc3c(Oc4cccc(C(=O)CCc5ccncc5)c4C)ccnc3c2)c1. The summed E-state index contributed by atoms with van der Waals surface area (Å²) in [4.78, 5) is 24.8. The van der Waals surface area contributed by atoms with E-state index >= 15 is 0 Å². The van der Waals surface area contributed by atoms with E-state index < -0.39 is 0 Å². The smallest absolute Gasteiger partial charge is 0.224 e. The molecule has 2 aromatic carbocycles. The lowest BCUT2D eigenvalue weighted by Gasteiger charge is -2.14. The molecular weight excluding hydrogens is 438 g/mol. The van der Waals surface area contributed by atoms with Gasteiger partial charge in [0.25, 0.3) is 0 Å². The number of ether oxygens (including phenoxy) is 1. The van der Waals surface area contributed by atoms with Crippen molar-refractivity contribution < 1.29 is 9.53 Å². The molecule has 0 aliphatic rings. The zero-order valence-corrected chi connectivity index (χ0v) is 19.0. The summed E-state index contributed by atoms with van der Waals surface area (Å²) in [5.41, 5.74) is 4.56. The van der Waals surface area contributed by atoms with Crippen LogP contribution in [-0.2, 0) is 6.42 Å². The number of carbonyl (C=O) groups excluding carboxylic acids is 1. The summed E-state index contributed by atoms with van der Waals surface area (Å²) >= 11 is 0. The highest BCUT2D eigenvalue weighted by molar-refractivity contribution is 5.98. The van der Waals surface area contributed by atoms with E-state index in [0.717, 1.165) is 27.7 Å². The zero-order valence-electron chi connectivity index (χ0n) is 19.0. The number of ketones is 1. The number of fused-ring (bicyclic) bond motifs is 1. The number of Topliss-reactive ketones (excluding diaryl/α,β-unsaturated/α-hetero) is 1. The lowest BCUT2D eigenvalue weighted by Crippen LogP contribution is -2.05. The van der Waals surface area contributed by atoms with Gasteiger partial charge >= 0.3 is 0 Å². The van der Waals surface area contributed by atoms with Crippen molar-refractivity contribution in [1.29, 1.82) is 0 Å². The summed E-state index contributed by atoms with van der Waals surface area (Å²) in [6, 6.07) is 16.9. The Morgan fingerprint density at radius 3 is 2.71 bits per heavy atom. The maximum atomic E-state index is 12.9. The van der Waals surface area contributed by atoms with Crippen LogP contribution in [0.2, 0.25) is 0 Å². The molecule has 0 fully saturated rings. The van der Waals surface area contributed by atoms with Crippen LogP contribution >= 0.6 is 0 Å². The lowest BCUT2D eigenvalue weighted by molar-refractivity contribution is 0.0982. The molecular formula is C28H21N5O2. The van der Waals surface area contributed by atoms with Gasteiger partial charge < -0.3 is 4.74 Å². The van der Waals surface area contributed by atoms with Gasteiger partial charge in [-0.3, -0.25) is 19.4 Å². The van der Waals surface area contributed by atoms with Gasteiger partial charge in [-0.1, -0.05) is 12.1 Å².